The molecule has 2 aromatic heterocycles. The summed E-state index contributed by atoms with van der Waals surface area (Å²) in [5.41, 5.74) is 2.38. The normalized spacial score (nSPS) is 11.6. The minimum Gasteiger partial charge on any atom is -0.507 e. The quantitative estimate of drug-likeness (QED) is 0.438. The Morgan fingerprint density at radius 1 is 1.27 bits per heavy atom. The van der Waals surface area contributed by atoms with Crippen LogP contribution in [0.3, 0.4) is 0 Å². The number of benzene rings is 1. The summed E-state index contributed by atoms with van der Waals surface area (Å²) in [6, 6.07) is 9.28. The maximum Gasteiger partial charge on any atom is 0.226 e. The van der Waals surface area contributed by atoms with Gasteiger partial charge in [-0.05, 0) is 13.0 Å². The van der Waals surface area contributed by atoms with Crippen molar-refractivity contribution in [3.05, 3.63) is 65.9 Å². The molecule has 0 saturated carbocycles. The van der Waals surface area contributed by atoms with E-state index in [2.05, 4.69) is 15.2 Å². The second kappa shape index (κ2) is 5.69. The van der Waals surface area contributed by atoms with Crippen molar-refractivity contribution in [1.29, 1.82) is 0 Å². The molecule has 2 heterocycles. The molecule has 0 aliphatic heterocycles. The monoisotopic (exact) mass is 295 g/mol. The minimum absolute atomic E-state index is 0.0620. The van der Waals surface area contributed by atoms with Gasteiger partial charge in [-0.15, -0.1) is 0 Å². The molecule has 6 heteroatoms. The summed E-state index contributed by atoms with van der Waals surface area (Å²) in [7, 11) is 0. The number of hydrogen-bond donors (Lipinski definition) is 2. The Labute approximate surface area is 126 Å². The number of furan rings is 1. The molecule has 0 amide bonds. The zero-order valence-corrected chi connectivity index (χ0v) is 11.8. The molecule has 110 valence electrons. The first-order chi connectivity index (χ1) is 10.6. The number of carbonyl (C=O) groups excluding carboxylic acids is 1. The van der Waals surface area contributed by atoms with Crippen LogP contribution in [0.1, 0.15) is 21.7 Å². The number of aryl methyl sites for hydroxylation is 1. The molecule has 0 spiro atoms. The smallest absolute Gasteiger partial charge is 0.226 e. The average molecular weight is 295 g/mol. The molecule has 0 saturated heterocycles. The van der Waals surface area contributed by atoms with Crippen molar-refractivity contribution in [2.45, 2.75) is 6.92 Å². The fourth-order valence-corrected chi connectivity index (χ4v) is 2.03. The van der Waals surface area contributed by atoms with Gasteiger partial charge in [0.1, 0.15) is 17.8 Å². The summed E-state index contributed by atoms with van der Waals surface area (Å²) in [6.07, 6.45) is 3.78. The van der Waals surface area contributed by atoms with Gasteiger partial charge >= 0.3 is 0 Å². The van der Waals surface area contributed by atoms with E-state index in [1.54, 1.807) is 6.07 Å². The zero-order valence-electron chi connectivity index (χ0n) is 11.8. The van der Waals surface area contributed by atoms with Crippen LogP contribution in [0.25, 0.3) is 17.1 Å². The lowest BCUT2D eigenvalue weighted by Crippen LogP contribution is -1.99. The Hall–Kier alpha value is -3.15. The van der Waals surface area contributed by atoms with Crippen molar-refractivity contribution in [2.75, 3.05) is 0 Å². The summed E-state index contributed by atoms with van der Waals surface area (Å²) in [6.45, 7) is 1.99. The van der Waals surface area contributed by atoms with E-state index in [1.165, 1.54) is 12.6 Å². The van der Waals surface area contributed by atoms with Crippen LogP contribution in [0, 0.1) is 6.92 Å². The van der Waals surface area contributed by atoms with E-state index in [0.29, 0.717) is 11.3 Å². The van der Waals surface area contributed by atoms with Gasteiger partial charge in [-0.3, -0.25) is 9.89 Å². The van der Waals surface area contributed by atoms with Crippen LogP contribution >= 0.6 is 0 Å². The fourth-order valence-electron chi connectivity index (χ4n) is 2.03. The van der Waals surface area contributed by atoms with Crippen LogP contribution in [0.15, 0.2) is 53.4 Å². The van der Waals surface area contributed by atoms with Crippen molar-refractivity contribution < 1.29 is 14.3 Å². The van der Waals surface area contributed by atoms with Crippen LogP contribution in [0.5, 0.6) is 0 Å². The van der Waals surface area contributed by atoms with E-state index in [1.807, 2.05) is 31.2 Å². The Kier molecular flexibility index (Phi) is 3.57. The number of ketones is 1. The molecule has 0 fully saturated rings. The summed E-state index contributed by atoms with van der Waals surface area (Å²) in [4.78, 5) is 15.6. The summed E-state index contributed by atoms with van der Waals surface area (Å²) >= 11 is 0. The SMILES string of the molecule is Cc1ccc(-c2occc2C(O)=CC(=O)c2ncn[nH]2)cc1. The highest BCUT2D eigenvalue weighted by Crippen LogP contribution is 2.29. The van der Waals surface area contributed by atoms with E-state index in [0.717, 1.165) is 17.2 Å². The molecule has 0 bridgehead atoms. The number of hydrogen-bond acceptors (Lipinski definition) is 5. The Bertz CT molecular complexity index is 815. The first-order valence-electron chi connectivity index (χ1n) is 6.60. The number of nitrogens with one attached hydrogen (secondary N) is 1. The van der Waals surface area contributed by atoms with Crippen molar-refractivity contribution in [1.82, 2.24) is 15.2 Å². The number of allylic oxidation sites excluding steroid dienone is 1. The standard InChI is InChI=1S/C16H13N3O3/c1-10-2-4-11(5-3-10)15-12(6-7-22-15)13(20)8-14(21)16-17-9-18-19-16/h2-9,20H,1H3,(H,17,18,19). The molecule has 0 radical (unpaired) electrons. The molecule has 1 aromatic carbocycles. The largest absolute Gasteiger partial charge is 0.507 e. The van der Waals surface area contributed by atoms with E-state index >= 15 is 0 Å². The summed E-state index contributed by atoms with van der Waals surface area (Å²) < 4.78 is 5.44. The predicted molar refractivity (Wildman–Crippen MR) is 80.2 cm³/mol. The highest BCUT2D eigenvalue weighted by molar-refractivity contribution is 6.05. The van der Waals surface area contributed by atoms with Gasteiger partial charge in [-0.2, -0.15) is 5.10 Å². The molecule has 0 aliphatic carbocycles. The van der Waals surface area contributed by atoms with Gasteiger partial charge < -0.3 is 9.52 Å². The Morgan fingerprint density at radius 2 is 2.05 bits per heavy atom. The molecule has 3 aromatic rings. The molecule has 3 rings (SSSR count). The first kappa shape index (κ1) is 13.8. The number of aromatic nitrogens is 3. The third-order valence-corrected chi connectivity index (χ3v) is 3.17. The van der Waals surface area contributed by atoms with Gasteiger partial charge in [0.15, 0.2) is 5.82 Å². The van der Waals surface area contributed by atoms with Crippen LogP contribution in [0.2, 0.25) is 0 Å². The highest BCUT2D eigenvalue weighted by atomic mass is 16.3. The van der Waals surface area contributed by atoms with Gasteiger partial charge in [0, 0.05) is 11.6 Å². The van der Waals surface area contributed by atoms with Gasteiger partial charge in [0.2, 0.25) is 5.78 Å². The molecule has 0 aliphatic rings. The second-order valence-corrected chi connectivity index (χ2v) is 4.76. The number of carbonyl (C=O) groups is 1. The number of rotatable bonds is 4. The number of aliphatic hydroxyl groups is 1. The number of aliphatic hydroxyl groups excluding tert-OH is 1. The summed E-state index contributed by atoms with van der Waals surface area (Å²) in [5, 5.41) is 16.2. The van der Waals surface area contributed by atoms with Gasteiger partial charge in [0.25, 0.3) is 0 Å². The van der Waals surface area contributed by atoms with Crippen molar-refractivity contribution in [3.63, 3.8) is 0 Å². The van der Waals surface area contributed by atoms with E-state index in [-0.39, 0.29) is 11.6 Å². The van der Waals surface area contributed by atoms with Crippen LogP contribution in [0.4, 0.5) is 0 Å². The first-order valence-corrected chi connectivity index (χ1v) is 6.60. The lowest BCUT2D eigenvalue weighted by Gasteiger charge is -2.03. The predicted octanol–water partition coefficient (Wildman–Crippen LogP) is 3.15. The molecule has 0 unspecified atom stereocenters. The fraction of sp³-hybridized carbons (Fsp3) is 0.0625. The van der Waals surface area contributed by atoms with Crippen LogP contribution in [-0.2, 0) is 0 Å². The van der Waals surface area contributed by atoms with Gasteiger partial charge in [-0.1, -0.05) is 29.8 Å². The molecule has 6 nitrogen and oxygen atoms in total. The van der Waals surface area contributed by atoms with Crippen LogP contribution in [-0.4, -0.2) is 26.1 Å². The van der Waals surface area contributed by atoms with Crippen molar-refractivity contribution in [2.24, 2.45) is 0 Å². The topological polar surface area (TPSA) is 92.0 Å². The molecule has 0 atom stereocenters. The number of H-pyrrole nitrogens is 1. The van der Waals surface area contributed by atoms with E-state index in [4.69, 9.17) is 4.42 Å². The Balaban J connectivity index is 1.94. The third-order valence-electron chi connectivity index (χ3n) is 3.17. The molecule has 2 N–H and O–H groups in total. The lowest BCUT2D eigenvalue weighted by molar-refractivity contribution is 0.103. The maximum atomic E-state index is 11.9. The van der Waals surface area contributed by atoms with E-state index < -0.39 is 5.78 Å². The van der Waals surface area contributed by atoms with Crippen molar-refractivity contribution in [3.8, 4) is 11.3 Å². The maximum absolute atomic E-state index is 11.9. The lowest BCUT2D eigenvalue weighted by atomic mass is 10.1. The van der Waals surface area contributed by atoms with E-state index in [9.17, 15) is 9.90 Å². The van der Waals surface area contributed by atoms with Gasteiger partial charge in [0.05, 0.1) is 11.8 Å². The Morgan fingerprint density at radius 3 is 2.73 bits per heavy atom. The minimum atomic E-state index is -0.467. The zero-order chi connectivity index (χ0) is 15.5. The third kappa shape index (κ3) is 2.67. The average Bonchev–Trinajstić information content (AvgIpc) is 3.19. The highest BCUT2D eigenvalue weighted by Gasteiger charge is 2.15. The van der Waals surface area contributed by atoms with Crippen LogP contribution < -0.4 is 0 Å². The summed E-state index contributed by atoms with van der Waals surface area (Å²) in [5.74, 6) is -0.0946. The second-order valence-electron chi connectivity index (χ2n) is 4.76. The van der Waals surface area contributed by atoms with Crippen molar-refractivity contribution >= 4 is 11.5 Å². The number of aromatic amines is 1. The molecular formula is C16H13N3O3. The molecule has 22 heavy (non-hydrogen) atoms. The molecular weight excluding hydrogens is 282 g/mol. The number of nitrogens with zero attached hydrogens (tertiary/aromatic N) is 2. The van der Waals surface area contributed by atoms with Gasteiger partial charge in [-0.25, -0.2) is 4.98 Å².